The molecule has 0 aliphatic heterocycles. The van der Waals surface area contributed by atoms with E-state index < -0.39 is 0 Å². The average Bonchev–Trinajstić information content (AvgIpc) is 2.72. The Labute approximate surface area is 90.1 Å². The van der Waals surface area contributed by atoms with Gasteiger partial charge in [0.15, 0.2) is 0 Å². The van der Waals surface area contributed by atoms with E-state index in [2.05, 4.69) is 21.3 Å². The molecule has 0 aromatic carbocycles. The highest BCUT2D eigenvalue weighted by molar-refractivity contribution is 7.99. The number of hydrogen-bond acceptors (Lipinski definition) is 2. The Bertz CT molecular complexity index is 240. The van der Waals surface area contributed by atoms with Crippen LogP contribution < -0.4 is 0 Å². The Morgan fingerprint density at radius 1 is 1.29 bits per heavy atom. The highest BCUT2D eigenvalue weighted by Crippen LogP contribution is 2.28. The van der Waals surface area contributed by atoms with Gasteiger partial charge in [0.2, 0.25) is 0 Å². The summed E-state index contributed by atoms with van der Waals surface area (Å²) in [5.74, 6) is 1.24. The zero-order valence-corrected chi connectivity index (χ0v) is 9.38. The van der Waals surface area contributed by atoms with Gasteiger partial charge in [0.1, 0.15) is 0 Å². The van der Waals surface area contributed by atoms with Crippen molar-refractivity contribution in [2.24, 2.45) is 0 Å². The van der Waals surface area contributed by atoms with Crippen LogP contribution in [0.15, 0.2) is 18.7 Å². The van der Waals surface area contributed by atoms with Crippen LogP contribution in [0.5, 0.6) is 0 Å². The summed E-state index contributed by atoms with van der Waals surface area (Å²) in [7, 11) is 0. The molecule has 0 bridgehead atoms. The van der Waals surface area contributed by atoms with Crippen LogP contribution in [-0.4, -0.2) is 20.6 Å². The Morgan fingerprint density at radius 2 is 2.14 bits per heavy atom. The van der Waals surface area contributed by atoms with Crippen molar-refractivity contribution in [2.45, 2.75) is 43.9 Å². The van der Waals surface area contributed by atoms with Crippen LogP contribution in [0.2, 0.25) is 0 Å². The molecule has 0 spiro atoms. The lowest BCUT2D eigenvalue weighted by Gasteiger charge is -2.20. The molecule has 0 amide bonds. The molecule has 0 saturated heterocycles. The van der Waals surface area contributed by atoms with Gasteiger partial charge in [-0.05, 0) is 12.8 Å². The lowest BCUT2D eigenvalue weighted by atomic mass is 10.0. The zero-order valence-electron chi connectivity index (χ0n) is 8.56. The van der Waals surface area contributed by atoms with Crippen molar-refractivity contribution in [3.8, 4) is 0 Å². The fourth-order valence-electron chi connectivity index (χ4n) is 1.98. The third-order valence-electron chi connectivity index (χ3n) is 2.81. The second-order valence-corrected chi connectivity index (χ2v) is 5.34. The molecule has 1 aliphatic rings. The second kappa shape index (κ2) is 5.44. The third kappa shape index (κ3) is 3.05. The number of hydrogen-bond donors (Lipinski definition) is 0. The molecule has 0 N–H and O–H groups in total. The van der Waals surface area contributed by atoms with Crippen molar-refractivity contribution in [2.75, 3.05) is 5.75 Å². The molecular weight excluding hydrogens is 192 g/mol. The lowest BCUT2D eigenvalue weighted by Crippen LogP contribution is -2.10. The van der Waals surface area contributed by atoms with Gasteiger partial charge in [0, 0.05) is 29.9 Å². The van der Waals surface area contributed by atoms with E-state index in [9.17, 15) is 0 Å². The highest BCUT2D eigenvalue weighted by Gasteiger charge is 2.12. The number of thioether (sulfide) groups is 1. The maximum absolute atomic E-state index is 4.04. The number of rotatable bonds is 4. The first kappa shape index (κ1) is 10.1. The molecule has 0 radical (unpaired) electrons. The molecule has 0 unspecified atom stereocenters. The first-order valence-corrected chi connectivity index (χ1v) is 6.57. The van der Waals surface area contributed by atoms with Crippen molar-refractivity contribution >= 4 is 11.8 Å². The van der Waals surface area contributed by atoms with E-state index in [1.807, 2.05) is 18.7 Å². The molecule has 3 heteroatoms. The van der Waals surface area contributed by atoms with Gasteiger partial charge in [0.25, 0.3) is 0 Å². The van der Waals surface area contributed by atoms with Gasteiger partial charge in [-0.3, -0.25) is 0 Å². The normalized spacial score (nSPS) is 18.6. The maximum atomic E-state index is 4.04. The monoisotopic (exact) mass is 210 g/mol. The van der Waals surface area contributed by atoms with Crippen LogP contribution in [-0.2, 0) is 6.54 Å². The molecule has 1 heterocycles. The third-order valence-corrected chi connectivity index (χ3v) is 4.18. The molecule has 1 aromatic rings. The molecule has 1 aliphatic carbocycles. The summed E-state index contributed by atoms with van der Waals surface area (Å²) in [5.41, 5.74) is 0. The summed E-state index contributed by atoms with van der Waals surface area (Å²) in [6, 6.07) is 0. The van der Waals surface area contributed by atoms with E-state index in [-0.39, 0.29) is 0 Å². The van der Waals surface area contributed by atoms with Gasteiger partial charge in [-0.25, -0.2) is 4.98 Å². The van der Waals surface area contributed by atoms with E-state index >= 15 is 0 Å². The number of imidazole rings is 1. The minimum absolute atomic E-state index is 0.937. The van der Waals surface area contributed by atoms with E-state index in [4.69, 9.17) is 0 Å². The van der Waals surface area contributed by atoms with Gasteiger partial charge in [-0.2, -0.15) is 11.8 Å². The van der Waals surface area contributed by atoms with Gasteiger partial charge >= 0.3 is 0 Å². The van der Waals surface area contributed by atoms with Gasteiger partial charge in [-0.15, -0.1) is 0 Å². The van der Waals surface area contributed by atoms with Gasteiger partial charge < -0.3 is 4.57 Å². The molecule has 14 heavy (non-hydrogen) atoms. The predicted octanol–water partition coefficient (Wildman–Crippen LogP) is 2.95. The van der Waals surface area contributed by atoms with Crippen LogP contribution in [0, 0.1) is 0 Å². The smallest absolute Gasteiger partial charge is 0.0946 e. The Balaban J connectivity index is 1.62. The van der Waals surface area contributed by atoms with Crippen molar-refractivity contribution in [1.82, 2.24) is 9.55 Å². The molecule has 1 fully saturated rings. The van der Waals surface area contributed by atoms with E-state index in [0.29, 0.717) is 0 Å². The Hall–Kier alpha value is -0.440. The van der Waals surface area contributed by atoms with Gasteiger partial charge in [0.05, 0.1) is 6.33 Å². The average molecular weight is 210 g/mol. The zero-order chi connectivity index (χ0) is 9.64. The minimum atomic E-state index is 0.937. The SMILES string of the molecule is c1cn(CCSC2CCCCC2)cn1. The number of nitrogens with zero attached hydrogens (tertiary/aromatic N) is 2. The minimum Gasteiger partial charge on any atom is -0.337 e. The van der Waals surface area contributed by atoms with E-state index in [0.717, 1.165) is 11.8 Å². The fourth-order valence-corrected chi connectivity index (χ4v) is 3.29. The second-order valence-electron chi connectivity index (χ2n) is 3.93. The fraction of sp³-hybridized carbons (Fsp3) is 0.727. The van der Waals surface area contributed by atoms with Gasteiger partial charge in [-0.1, -0.05) is 19.3 Å². The number of aryl methyl sites for hydroxylation is 1. The highest BCUT2D eigenvalue weighted by atomic mass is 32.2. The molecule has 1 aromatic heterocycles. The van der Waals surface area contributed by atoms with Crippen LogP contribution >= 0.6 is 11.8 Å². The quantitative estimate of drug-likeness (QED) is 0.760. The molecular formula is C11H18N2S. The lowest BCUT2D eigenvalue weighted by molar-refractivity contribution is 0.515. The Kier molecular flexibility index (Phi) is 3.92. The molecule has 2 rings (SSSR count). The first-order valence-electron chi connectivity index (χ1n) is 5.52. The summed E-state index contributed by atoms with van der Waals surface area (Å²) < 4.78 is 2.16. The first-order chi connectivity index (χ1) is 6.95. The van der Waals surface area contributed by atoms with E-state index in [1.165, 1.54) is 37.9 Å². The molecule has 78 valence electrons. The van der Waals surface area contributed by atoms with Crippen LogP contribution in [0.25, 0.3) is 0 Å². The van der Waals surface area contributed by atoms with Crippen LogP contribution in [0.3, 0.4) is 0 Å². The summed E-state index contributed by atoms with van der Waals surface area (Å²) >= 11 is 2.15. The standard InChI is InChI=1S/C11H18N2S/c1-2-4-11(5-3-1)14-9-8-13-7-6-12-10-13/h6-7,10-11H,1-5,8-9H2. The summed E-state index contributed by atoms with van der Waals surface area (Å²) in [6.07, 6.45) is 13.0. The topological polar surface area (TPSA) is 17.8 Å². The van der Waals surface area contributed by atoms with Crippen LogP contribution in [0.1, 0.15) is 32.1 Å². The number of aromatic nitrogens is 2. The van der Waals surface area contributed by atoms with Crippen LogP contribution in [0.4, 0.5) is 0 Å². The summed E-state index contributed by atoms with van der Waals surface area (Å²) in [4.78, 5) is 4.04. The Morgan fingerprint density at radius 3 is 2.86 bits per heavy atom. The summed E-state index contributed by atoms with van der Waals surface area (Å²) in [5, 5.41) is 0.937. The van der Waals surface area contributed by atoms with E-state index in [1.54, 1.807) is 0 Å². The largest absolute Gasteiger partial charge is 0.337 e. The van der Waals surface area contributed by atoms with Crippen molar-refractivity contribution in [1.29, 1.82) is 0 Å². The maximum Gasteiger partial charge on any atom is 0.0946 e. The molecule has 1 saturated carbocycles. The van der Waals surface area contributed by atoms with Crippen molar-refractivity contribution in [3.63, 3.8) is 0 Å². The predicted molar refractivity (Wildman–Crippen MR) is 61.6 cm³/mol. The summed E-state index contributed by atoms with van der Waals surface area (Å²) in [6.45, 7) is 1.11. The van der Waals surface area contributed by atoms with Crippen molar-refractivity contribution < 1.29 is 0 Å². The molecule has 0 atom stereocenters. The van der Waals surface area contributed by atoms with Crippen molar-refractivity contribution in [3.05, 3.63) is 18.7 Å². The molecule has 2 nitrogen and oxygen atoms in total.